The Kier molecular flexibility index (Phi) is 3.76. The lowest BCUT2D eigenvalue weighted by molar-refractivity contribution is -0.115. The van der Waals surface area contributed by atoms with E-state index in [1.165, 1.54) is 13.1 Å². The number of aryl methyl sites for hydroxylation is 1. The summed E-state index contributed by atoms with van der Waals surface area (Å²) >= 11 is 0. The van der Waals surface area contributed by atoms with Gasteiger partial charge >= 0.3 is 0 Å². The minimum Gasteiger partial charge on any atom is -0.274 e. The summed E-state index contributed by atoms with van der Waals surface area (Å²) in [7, 11) is 0. The highest BCUT2D eigenvalue weighted by Crippen LogP contribution is 2.29. The molecule has 0 radical (unpaired) electrons. The summed E-state index contributed by atoms with van der Waals surface area (Å²) in [6, 6.07) is 11.7. The number of rotatable bonds is 3. The Morgan fingerprint density at radius 1 is 1.19 bits per heavy atom. The molecule has 26 heavy (non-hydrogen) atoms. The topological polar surface area (TPSA) is 81.3 Å². The van der Waals surface area contributed by atoms with E-state index in [2.05, 4.69) is 15.5 Å². The van der Waals surface area contributed by atoms with Crippen molar-refractivity contribution in [3.63, 3.8) is 0 Å². The third kappa shape index (κ3) is 2.45. The summed E-state index contributed by atoms with van der Waals surface area (Å²) in [4.78, 5) is 28.4. The molecule has 0 saturated carbocycles. The van der Waals surface area contributed by atoms with Crippen LogP contribution in [-0.2, 0) is 11.2 Å². The van der Waals surface area contributed by atoms with Crippen LogP contribution in [0.1, 0.15) is 19.5 Å². The molecule has 7 heteroatoms. The number of carbonyl (C=O) groups excluding carboxylic acids is 1. The van der Waals surface area contributed by atoms with Crippen LogP contribution in [0.3, 0.4) is 0 Å². The molecule has 0 unspecified atom stereocenters. The normalized spacial score (nSPS) is 11.2. The Balaban J connectivity index is 2.03. The minimum absolute atomic E-state index is 0.320. The zero-order valence-electron chi connectivity index (χ0n) is 14.4. The molecule has 0 spiro atoms. The van der Waals surface area contributed by atoms with Crippen LogP contribution in [0, 0.1) is 0 Å². The van der Waals surface area contributed by atoms with E-state index in [4.69, 9.17) is 0 Å². The SMILES string of the molecule is CCc1nn2c(ncc3c(=O)n(NC(C)=O)ccc32)c1-c1ccccc1. The van der Waals surface area contributed by atoms with Crippen LogP contribution in [0.4, 0.5) is 0 Å². The van der Waals surface area contributed by atoms with Crippen LogP contribution in [0.25, 0.3) is 27.7 Å². The number of nitrogens with zero attached hydrogens (tertiary/aromatic N) is 4. The number of hydrogen-bond acceptors (Lipinski definition) is 4. The first-order valence-corrected chi connectivity index (χ1v) is 8.35. The third-order valence-corrected chi connectivity index (χ3v) is 4.26. The van der Waals surface area contributed by atoms with Gasteiger partial charge in [-0.1, -0.05) is 37.3 Å². The number of hydrogen-bond donors (Lipinski definition) is 1. The van der Waals surface area contributed by atoms with Crippen molar-refractivity contribution in [2.45, 2.75) is 20.3 Å². The largest absolute Gasteiger partial charge is 0.280 e. The maximum Gasteiger partial charge on any atom is 0.280 e. The van der Waals surface area contributed by atoms with Gasteiger partial charge in [-0.3, -0.25) is 15.0 Å². The predicted molar refractivity (Wildman–Crippen MR) is 99.6 cm³/mol. The van der Waals surface area contributed by atoms with Gasteiger partial charge in [0.25, 0.3) is 5.56 Å². The van der Waals surface area contributed by atoms with E-state index in [1.54, 1.807) is 16.8 Å². The highest BCUT2D eigenvalue weighted by Gasteiger charge is 2.17. The quantitative estimate of drug-likeness (QED) is 0.617. The zero-order chi connectivity index (χ0) is 18.3. The van der Waals surface area contributed by atoms with Crippen molar-refractivity contribution in [2.24, 2.45) is 0 Å². The van der Waals surface area contributed by atoms with Crippen LogP contribution in [0.5, 0.6) is 0 Å². The fourth-order valence-electron chi connectivity index (χ4n) is 3.12. The van der Waals surface area contributed by atoms with E-state index in [0.29, 0.717) is 16.6 Å². The molecule has 0 fully saturated rings. The lowest BCUT2D eigenvalue weighted by atomic mass is 10.0. The molecular weight excluding hydrogens is 330 g/mol. The van der Waals surface area contributed by atoms with Gasteiger partial charge in [0.1, 0.15) is 0 Å². The molecular formula is C19H17N5O2. The Morgan fingerprint density at radius 2 is 1.96 bits per heavy atom. The number of nitrogens with one attached hydrogen (secondary N) is 1. The molecule has 0 aliphatic carbocycles. The van der Waals surface area contributed by atoms with Crippen molar-refractivity contribution < 1.29 is 4.79 Å². The third-order valence-electron chi connectivity index (χ3n) is 4.26. The van der Waals surface area contributed by atoms with Crippen molar-refractivity contribution in [3.8, 4) is 11.1 Å². The van der Waals surface area contributed by atoms with Gasteiger partial charge in [0, 0.05) is 24.9 Å². The summed E-state index contributed by atoms with van der Waals surface area (Å²) in [6.07, 6.45) is 3.82. The van der Waals surface area contributed by atoms with Gasteiger partial charge in [0.2, 0.25) is 5.91 Å². The number of amides is 1. The lowest BCUT2D eigenvalue weighted by Crippen LogP contribution is -2.31. The second-order valence-electron chi connectivity index (χ2n) is 5.99. The first kappa shape index (κ1) is 16.0. The van der Waals surface area contributed by atoms with E-state index in [1.807, 2.05) is 37.3 Å². The number of aromatic nitrogens is 4. The standard InChI is InChI=1S/C19H17N5O2/c1-3-15-17(13-7-5-4-6-8-13)18-20-11-14-16(24(18)22-15)9-10-23(19(14)26)21-12(2)25/h4-11H,3H2,1-2H3,(H,21,25). The molecule has 0 aliphatic heterocycles. The van der Waals surface area contributed by atoms with Gasteiger partial charge in [0.15, 0.2) is 5.65 Å². The van der Waals surface area contributed by atoms with E-state index in [0.717, 1.165) is 27.9 Å². The molecule has 0 bridgehead atoms. The lowest BCUT2D eigenvalue weighted by Gasteiger charge is -2.07. The molecule has 1 aromatic carbocycles. The van der Waals surface area contributed by atoms with Crippen molar-refractivity contribution in [1.29, 1.82) is 0 Å². The highest BCUT2D eigenvalue weighted by atomic mass is 16.2. The fourth-order valence-corrected chi connectivity index (χ4v) is 3.12. The Labute approximate surface area is 148 Å². The second kappa shape index (κ2) is 6.11. The van der Waals surface area contributed by atoms with Crippen molar-refractivity contribution >= 4 is 22.5 Å². The van der Waals surface area contributed by atoms with Crippen LogP contribution in [-0.4, -0.2) is 25.2 Å². The van der Waals surface area contributed by atoms with Crippen molar-refractivity contribution in [3.05, 3.63) is 64.8 Å². The van der Waals surface area contributed by atoms with Crippen molar-refractivity contribution in [1.82, 2.24) is 19.3 Å². The Morgan fingerprint density at radius 3 is 2.65 bits per heavy atom. The van der Waals surface area contributed by atoms with Gasteiger partial charge in [-0.25, -0.2) is 14.2 Å². The summed E-state index contributed by atoms with van der Waals surface area (Å²) in [5.41, 5.74) is 6.42. The summed E-state index contributed by atoms with van der Waals surface area (Å²) in [6.45, 7) is 3.39. The van der Waals surface area contributed by atoms with Gasteiger partial charge < -0.3 is 0 Å². The van der Waals surface area contributed by atoms with E-state index < -0.39 is 0 Å². The number of benzene rings is 1. The number of fused-ring (bicyclic) bond motifs is 3. The minimum atomic E-state index is -0.345. The van der Waals surface area contributed by atoms with Crippen LogP contribution in [0.15, 0.2) is 53.6 Å². The van der Waals surface area contributed by atoms with Gasteiger partial charge in [-0.05, 0) is 18.1 Å². The van der Waals surface area contributed by atoms with Crippen LogP contribution in [0.2, 0.25) is 0 Å². The molecule has 0 saturated heterocycles. The highest BCUT2D eigenvalue weighted by molar-refractivity contribution is 5.87. The molecule has 1 amide bonds. The zero-order valence-corrected chi connectivity index (χ0v) is 14.4. The monoisotopic (exact) mass is 347 g/mol. The average molecular weight is 347 g/mol. The molecule has 0 atom stereocenters. The molecule has 1 N–H and O–H groups in total. The molecule has 3 heterocycles. The number of carbonyl (C=O) groups is 1. The first-order chi connectivity index (χ1) is 12.6. The van der Waals surface area contributed by atoms with Gasteiger partial charge in [-0.15, -0.1) is 0 Å². The summed E-state index contributed by atoms with van der Waals surface area (Å²) in [5, 5.41) is 5.07. The fraction of sp³-hybridized carbons (Fsp3) is 0.158. The van der Waals surface area contributed by atoms with Crippen LogP contribution >= 0.6 is 0 Å². The van der Waals surface area contributed by atoms with Crippen molar-refractivity contribution in [2.75, 3.05) is 5.43 Å². The smallest absolute Gasteiger partial charge is 0.274 e. The number of pyridine rings is 1. The average Bonchev–Trinajstić information content (AvgIpc) is 3.03. The Hall–Kier alpha value is -3.48. The van der Waals surface area contributed by atoms with Gasteiger partial charge in [0.05, 0.1) is 16.6 Å². The summed E-state index contributed by atoms with van der Waals surface area (Å²) in [5.74, 6) is -0.320. The molecule has 4 rings (SSSR count). The predicted octanol–water partition coefficient (Wildman–Crippen LogP) is 2.36. The van der Waals surface area contributed by atoms with E-state index in [-0.39, 0.29) is 11.5 Å². The maximum atomic E-state index is 12.6. The second-order valence-corrected chi connectivity index (χ2v) is 5.99. The molecule has 0 aliphatic rings. The maximum absolute atomic E-state index is 12.6. The Bertz CT molecular complexity index is 1190. The molecule has 7 nitrogen and oxygen atoms in total. The molecule has 3 aromatic heterocycles. The summed E-state index contributed by atoms with van der Waals surface area (Å²) < 4.78 is 2.86. The first-order valence-electron chi connectivity index (χ1n) is 8.35. The molecule has 4 aromatic rings. The van der Waals surface area contributed by atoms with E-state index in [9.17, 15) is 9.59 Å². The molecule has 130 valence electrons. The van der Waals surface area contributed by atoms with Crippen LogP contribution < -0.4 is 11.0 Å². The van der Waals surface area contributed by atoms with Gasteiger partial charge in [-0.2, -0.15) is 5.10 Å². The van der Waals surface area contributed by atoms with E-state index >= 15 is 0 Å².